The highest BCUT2D eigenvalue weighted by atomic mass is 16.5. The molecule has 4 heterocycles. The van der Waals surface area contributed by atoms with Crippen LogP contribution in [0.2, 0.25) is 0 Å². The van der Waals surface area contributed by atoms with Crippen LogP contribution >= 0.6 is 0 Å². The first kappa shape index (κ1) is 25.5. The number of aldehydes is 1. The van der Waals surface area contributed by atoms with Crippen molar-refractivity contribution in [2.24, 2.45) is 0 Å². The molecule has 0 aromatic carbocycles. The third-order valence-corrected chi connectivity index (χ3v) is 5.98. The molecule has 0 radical (unpaired) electrons. The fourth-order valence-corrected chi connectivity index (χ4v) is 4.10. The molecule has 2 N–H and O–H groups in total. The molecule has 0 saturated heterocycles. The van der Waals surface area contributed by atoms with Gasteiger partial charge < -0.3 is 10.1 Å². The van der Waals surface area contributed by atoms with E-state index in [9.17, 15) is 19.6 Å². The van der Waals surface area contributed by atoms with Crippen molar-refractivity contribution in [1.29, 1.82) is 5.26 Å². The molecule has 0 unspecified atom stereocenters. The quantitative estimate of drug-likeness (QED) is 0.348. The van der Waals surface area contributed by atoms with Gasteiger partial charge in [-0.2, -0.15) is 5.26 Å². The molecular formula is C25H26N8O4. The van der Waals surface area contributed by atoms with E-state index < -0.39 is 6.03 Å². The number of nitriles is 1. The van der Waals surface area contributed by atoms with Crippen LogP contribution < -0.4 is 21.1 Å². The average Bonchev–Trinajstić information content (AvgIpc) is 2.90. The third kappa shape index (κ3) is 5.62. The zero-order valence-electron chi connectivity index (χ0n) is 20.5. The second-order valence-corrected chi connectivity index (χ2v) is 8.38. The number of rotatable bonds is 8. The maximum absolute atomic E-state index is 13.2. The van der Waals surface area contributed by atoms with Crippen LogP contribution in [0, 0.1) is 18.3 Å². The lowest BCUT2D eigenvalue weighted by atomic mass is 10.0. The smallest absolute Gasteiger partial charge is 0.328 e. The number of aryl methyl sites for hydroxylation is 2. The molecule has 2 amide bonds. The van der Waals surface area contributed by atoms with E-state index in [1.807, 2.05) is 6.07 Å². The Morgan fingerprint density at radius 1 is 1.32 bits per heavy atom. The van der Waals surface area contributed by atoms with Crippen molar-refractivity contribution >= 4 is 29.6 Å². The fourth-order valence-electron chi connectivity index (χ4n) is 4.10. The van der Waals surface area contributed by atoms with Gasteiger partial charge in [0, 0.05) is 50.3 Å². The number of anilines is 3. The van der Waals surface area contributed by atoms with Gasteiger partial charge in [-0.15, -0.1) is 0 Å². The summed E-state index contributed by atoms with van der Waals surface area (Å²) in [6, 6.07) is 6.37. The van der Waals surface area contributed by atoms with Crippen molar-refractivity contribution in [3.05, 3.63) is 69.2 Å². The average molecular weight is 503 g/mol. The van der Waals surface area contributed by atoms with Crippen molar-refractivity contribution in [2.75, 3.05) is 42.3 Å². The first-order valence-electron chi connectivity index (χ1n) is 11.7. The molecule has 0 saturated carbocycles. The third-order valence-electron chi connectivity index (χ3n) is 5.98. The Morgan fingerprint density at radius 2 is 2.16 bits per heavy atom. The minimum Gasteiger partial charge on any atom is -0.383 e. The van der Waals surface area contributed by atoms with Crippen molar-refractivity contribution in [2.45, 2.75) is 26.3 Å². The molecule has 4 rings (SSSR count). The standard InChI is InChI=1S/C25H26N8O4/c1-16-27-6-5-23(35)33(16)14-18-10-17-4-3-8-32(24(17)30-21(18)15-34)25(36)31-22-11-20(28-7-9-37-2)19(12-26)13-29-22/h5-6,10-11,13,15H,3-4,7-9,14H2,1-2H3,(H2,28,29,31,36). The number of ether oxygens (including phenoxy) is 1. The fraction of sp³-hybridized carbons (Fsp3) is 0.320. The van der Waals surface area contributed by atoms with Gasteiger partial charge in [0.1, 0.15) is 29.2 Å². The molecule has 0 bridgehead atoms. The lowest BCUT2D eigenvalue weighted by Gasteiger charge is -2.29. The largest absolute Gasteiger partial charge is 0.383 e. The number of hydrogen-bond acceptors (Lipinski definition) is 9. The van der Waals surface area contributed by atoms with Gasteiger partial charge in [0.05, 0.1) is 24.4 Å². The van der Waals surface area contributed by atoms with E-state index in [4.69, 9.17) is 4.74 Å². The molecule has 12 nitrogen and oxygen atoms in total. The summed E-state index contributed by atoms with van der Waals surface area (Å²) in [5.41, 5.74) is 2.16. The summed E-state index contributed by atoms with van der Waals surface area (Å²) in [5.74, 6) is 1.17. The molecule has 0 spiro atoms. The SMILES string of the molecule is COCCNc1cc(NC(=O)N2CCCc3cc(Cn4c(C)nccc4=O)c(C=O)nc32)ncc1C#N. The van der Waals surface area contributed by atoms with E-state index in [1.54, 1.807) is 20.1 Å². The number of carbonyl (C=O) groups excluding carboxylic acids is 2. The number of urea groups is 1. The summed E-state index contributed by atoms with van der Waals surface area (Å²) in [4.78, 5) is 51.7. The Hall–Kier alpha value is -4.63. The van der Waals surface area contributed by atoms with Crippen LogP contribution in [-0.4, -0.2) is 58.6 Å². The Morgan fingerprint density at radius 3 is 2.89 bits per heavy atom. The normalized spacial score (nSPS) is 12.4. The zero-order chi connectivity index (χ0) is 26.4. The first-order chi connectivity index (χ1) is 17.9. The summed E-state index contributed by atoms with van der Waals surface area (Å²) in [7, 11) is 1.58. The van der Waals surface area contributed by atoms with Gasteiger partial charge in [-0.3, -0.25) is 24.4 Å². The number of nitrogens with zero attached hydrogens (tertiary/aromatic N) is 6. The van der Waals surface area contributed by atoms with Crippen molar-refractivity contribution in [1.82, 2.24) is 19.5 Å². The minimum atomic E-state index is -0.461. The number of methoxy groups -OCH3 is 1. The number of pyridine rings is 2. The number of nitrogens with one attached hydrogen (secondary N) is 2. The molecule has 1 aliphatic heterocycles. The van der Waals surface area contributed by atoms with Crippen LogP contribution in [0.25, 0.3) is 0 Å². The highest BCUT2D eigenvalue weighted by molar-refractivity contribution is 6.01. The summed E-state index contributed by atoms with van der Waals surface area (Å²) in [6.45, 7) is 3.19. The Bertz CT molecular complexity index is 1430. The number of aromatic nitrogens is 4. The van der Waals surface area contributed by atoms with Gasteiger partial charge in [-0.1, -0.05) is 0 Å². The van der Waals surface area contributed by atoms with Gasteiger partial charge in [-0.25, -0.2) is 19.7 Å². The van der Waals surface area contributed by atoms with E-state index >= 15 is 0 Å². The molecular weight excluding hydrogens is 476 g/mol. The Labute approximate surface area is 212 Å². The Balaban J connectivity index is 1.59. The van der Waals surface area contributed by atoms with Gasteiger partial charge in [-0.05, 0) is 31.4 Å². The second-order valence-electron chi connectivity index (χ2n) is 8.38. The second kappa shape index (κ2) is 11.4. The summed E-state index contributed by atoms with van der Waals surface area (Å²) in [6.07, 6.45) is 4.81. The maximum Gasteiger partial charge on any atom is 0.328 e. The molecule has 190 valence electrons. The summed E-state index contributed by atoms with van der Waals surface area (Å²) < 4.78 is 6.50. The monoisotopic (exact) mass is 502 g/mol. The molecule has 0 fully saturated rings. The predicted molar refractivity (Wildman–Crippen MR) is 136 cm³/mol. The van der Waals surface area contributed by atoms with E-state index in [-0.39, 0.29) is 23.6 Å². The first-order valence-corrected chi connectivity index (χ1v) is 11.7. The van der Waals surface area contributed by atoms with E-state index in [0.29, 0.717) is 67.3 Å². The predicted octanol–water partition coefficient (Wildman–Crippen LogP) is 2.12. The van der Waals surface area contributed by atoms with E-state index in [0.717, 1.165) is 5.56 Å². The lowest BCUT2D eigenvalue weighted by Crippen LogP contribution is -2.40. The van der Waals surface area contributed by atoms with E-state index in [2.05, 4.69) is 31.7 Å². The van der Waals surface area contributed by atoms with Crippen LogP contribution in [0.1, 0.15) is 39.4 Å². The molecule has 3 aromatic heterocycles. The number of hydrogen-bond donors (Lipinski definition) is 2. The number of fused-ring (bicyclic) bond motifs is 1. The van der Waals surface area contributed by atoms with Crippen molar-refractivity contribution < 1.29 is 14.3 Å². The molecule has 37 heavy (non-hydrogen) atoms. The van der Waals surface area contributed by atoms with Crippen LogP contribution in [0.5, 0.6) is 0 Å². The maximum atomic E-state index is 13.2. The van der Waals surface area contributed by atoms with Crippen LogP contribution in [0.15, 0.2) is 35.4 Å². The minimum absolute atomic E-state index is 0.146. The van der Waals surface area contributed by atoms with Gasteiger partial charge >= 0.3 is 6.03 Å². The van der Waals surface area contributed by atoms with Gasteiger partial charge in [0.2, 0.25) is 0 Å². The van der Waals surface area contributed by atoms with Crippen molar-refractivity contribution in [3.63, 3.8) is 0 Å². The molecule has 0 aliphatic carbocycles. The van der Waals surface area contributed by atoms with Gasteiger partial charge in [0.25, 0.3) is 5.56 Å². The number of amides is 2. The highest BCUT2D eigenvalue weighted by Crippen LogP contribution is 2.28. The van der Waals surface area contributed by atoms with Gasteiger partial charge in [0.15, 0.2) is 6.29 Å². The van der Waals surface area contributed by atoms with Crippen molar-refractivity contribution in [3.8, 4) is 6.07 Å². The van der Waals surface area contributed by atoms with E-state index in [1.165, 1.54) is 27.9 Å². The molecule has 3 aromatic rings. The summed E-state index contributed by atoms with van der Waals surface area (Å²) in [5, 5.41) is 15.2. The molecule has 1 aliphatic rings. The Kier molecular flexibility index (Phi) is 7.85. The van der Waals surface area contributed by atoms with Crippen LogP contribution in [-0.2, 0) is 17.7 Å². The highest BCUT2D eigenvalue weighted by Gasteiger charge is 2.26. The topological polar surface area (TPSA) is 155 Å². The molecule has 12 heteroatoms. The number of carbonyl (C=O) groups is 2. The van der Waals surface area contributed by atoms with Crippen LogP contribution in [0.4, 0.5) is 22.1 Å². The lowest BCUT2D eigenvalue weighted by molar-refractivity contribution is 0.111. The zero-order valence-corrected chi connectivity index (χ0v) is 20.5. The van der Waals surface area contributed by atoms with Crippen LogP contribution in [0.3, 0.4) is 0 Å². The summed E-state index contributed by atoms with van der Waals surface area (Å²) >= 11 is 0. The molecule has 0 atom stereocenters.